The van der Waals surface area contributed by atoms with Crippen LogP contribution < -0.4 is 11.5 Å². The monoisotopic (exact) mass is 282 g/mol. The zero-order valence-corrected chi connectivity index (χ0v) is 8.59. The van der Waals surface area contributed by atoms with E-state index in [9.17, 15) is 0 Å². The molecule has 1 rings (SSSR count). The van der Waals surface area contributed by atoms with Crippen LogP contribution in [0.1, 0.15) is 5.69 Å². The Labute approximate surface area is 81.9 Å². The Hall–Kier alpha value is -0.370. The van der Waals surface area contributed by atoms with Gasteiger partial charge in [-0.25, -0.2) is 4.98 Å². The van der Waals surface area contributed by atoms with E-state index >= 15 is 0 Å². The molecule has 0 bridgehead atoms. The quantitative estimate of drug-likeness (QED) is 0.367. The molecule has 0 aliphatic heterocycles. The van der Waals surface area contributed by atoms with Gasteiger partial charge >= 0.3 is 0 Å². The van der Waals surface area contributed by atoms with Crippen LogP contribution in [0.15, 0.2) is 10.4 Å². The summed E-state index contributed by atoms with van der Waals surface area (Å²) in [7, 11) is 0. The maximum atomic E-state index is 5.17. The lowest BCUT2D eigenvalue weighted by molar-refractivity contribution is 1.23. The molecule has 0 aliphatic carbocycles. The van der Waals surface area contributed by atoms with Gasteiger partial charge in [0.1, 0.15) is 0 Å². The molecule has 1 aromatic heterocycles. The molecule has 1 heterocycles. The summed E-state index contributed by atoms with van der Waals surface area (Å²) in [6, 6.07) is 0. The Morgan fingerprint density at radius 3 is 2.91 bits per heavy atom. The number of nitrogens with zero attached hydrogens (tertiary/aromatic N) is 2. The molecular weight excluding hydrogens is 275 g/mol. The highest BCUT2D eigenvalue weighted by molar-refractivity contribution is 14.1. The highest BCUT2D eigenvalue weighted by atomic mass is 127. The summed E-state index contributed by atoms with van der Waals surface area (Å²) in [6.45, 7) is 0. The van der Waals surface area contributed by atoms with E-state index in [2.05, 4.69) is 32.6 Å². The molecule has 4 N–H and O–H groups in total. The van der Waals surface area contributed by atoms with Crippen molar-refractivity contribution >= 4 is 45.0 Å². The molecule has 0 spiro atoms. The predicted molar refractivity (Wildman–Crippen MR) is 55.3 cm³/mol. The fraction of sp³-hybridized carbons (Fsp3) is 0.200. The van der Waals surface area contributed by atoms with Crippen LogP contribution in [-0.2, 0) is 4.43 Å². The minimum Gasteiger partial charge on any atom is -0.370 e. The number of halogens is 1. The van der Waals surface area contributed by atoms with Crippen molar-refractivity contribution in [3.63, 3.8) is 0 Å². The van der Waals surface area contributed by atoms with Crippen LogP contribution in [0.25, 0.3) is 0 Å². The van der Waals surface area contributed by atoms with Crippen molar-refractivity contribution < 1.29 is 0 Å². The molecule has 0 saturated carbocycles. The third-order valence-electron chi connectivity index (χ3n) is 0.901. The smallest absolute Gasteiger partial charge is 0.212 e. The number of hydrogen-bond donors (Lipinski definition) is 2. The van der Waals surface area contributed by atoms with E-state index in [4.69, 9.17) is 11.5 Å². The van der Waals surface area contributed by atoms with Gasteiger partial charge in [-0.15, -0.1) is 11.3 Å². The maximum Gasteiger partial charge on any atom is 0.212 e. The zero-order valence-electron chi connectivity index (χ0n) is 5.62. The van der Waals surface area contributed by atoms with Crippen molar-refractivity contribution in [2.45, 2.75) is 4.43 Å². The lowest BCUT2D eigenvalue weighted by Gasteiger charge is -1.85. The van der Waals surface area contributed by atoms with Crippen LogP contribution in [0.3, 0.4) is 0 Å². The molecule has 11 heavy (non-hydrogen) atoms. The molecule has 0 radical (unpaired) electrons. The van der Waals surface area contributed by atoms with Crippen LogP contribution in [0.2, 0.25) is 0 Å². The first-order chi connectivity index (χ1) is 5.22. The fourth-order valence-corrected chi connectivity index (χ4v) is 1.91. The van der Waals surface area contributed by atoms with E-state index in [0.717, 1.165) is 10.1 Å². The van der Waals surface area contributed by atoms with Crippen molar-refractivity contribution in [3.8, 4) is 0 Å². The predicted octanol–water partition coefficient (Wildman–Crippen LogP) is 0.983. The molecule has 0 fully saturated rings. The zero-order chi connectivity index (χ0) is 8.27. The molecule has 0 aliphatic rings. The normalized spacial score (nSPS) is 9.55. The second-order valence-electron chi connectivity index (χ2n) is 1.79. The third kappa shape index (κ3) is 2.62. The van der Waals surface area contributed by atoms with Crippen LogP contribution >= 0.6 is 33.9 Å². The molecule has 0 unspecified atom stereocenters. The topological polar surface area (TPSA) is 77.3 Å². The van der Waals surface area contributed by atoms with Crippen LogP contribution in [-0.4, -0.2) is 10.9 Å². The number of guanidine groups is 1. The first-order valence-corrected chi connectivity index (χ1v) is 5.23. The van der Waals surface area contributed by atoms with E-state index in [0.29, 0.717) is 5.13 Å². The lowest BCUT2D eigenvalue weighted by Crippen LogP contribution is -2.21. The summed E-state index contributed by atoms with van der Waals surface area (Å²) in [4.78, 5) is 7.94. The molecule has 0 atom stereocenters. The Balaban J connectivity index is 2.81. The number of aliphatic imine (C=N–C) groups is 1. The molecule has 1 aromatic rings. The van der Waals surface area contributed by atoms with Crippen LogP contribution in [0.4, 0.5) is 5.13 Å². The highest BCUT2D eigenvalue weighted by Crippen LogP contribution is 2.19. The van der Waals surface area contributed by atoms with E-state index in [1.54, 1.807) is 0 Å². The minimum atomic E-state index is 0.0550. The first kappa shape index (κ1) is 8.72. The van der Waals surface area contributed by atoms with Gasteiger partial charge in [-0.3, -0.25) is 0 Å². The van der Waals surface area contributed by atoms with E-state index in [-0.39, 0.29) is 5.96 Å². The molecule has 0 aromatic carbocycles. The van der Waals surface area contributed by atoms with Crippen molar-refractivity contribution in [2.24, 2.45) is 16.5 Å². The van der Waals surface area contributed by atoms with Gasteiger partial charge in [0.25, 0.3) is 0 Å². The number of rotatable bonds is 2. The van der Waals surface area contributed by atoms with Crippen molar-refractivity contribution in [1.29, 1.82) is 0 Å². The molecule has 0 amide bonds. The average molecular weight is 282 g/mol. The SMILES string of the molecule is NC(N)=Nc1nc(CI)cs1. The minimum absolute atomic E-state index is 0.0550. The van der Waals surface area contributed by atoms with Gasteiger partial charge in [0.05, 0.1) is 5.69 Å². The van der Waals surface area contributed by atoms with Crippen LogP contribution in [0, 0.1) is 0 Å². The second kappa shape index (κ2) is 3.86. The molecular formula is C5H7IN4S. The third-order valence-corrected chi connectivity index (χ3v) is 2.47. The van der Waals surface area contributed by atoms with Gasteiger partial charge in [0.2, 0.25) is 5.13 Å². The van der Waals surface area contributed by atoms with Gasteiger partial charge in [0.15, 0.2) is 5.96 Å². The number of nitrogens with two attached hydrogens (primary N) is 2. The Morgan fingerprint density at radius 1 is 1.73 bits per heavy atom. The maximum absolute atomic E-state index is 5.17. The highest BCUT2D eigenvalue weighted by Gasteiger charge is 1.97. The molecule has 6 heteroatoms. The standard InChI is InChI=1S/C5H7IN4S/c6-1-3-2-11-5(9-3)10-4(7)8/h2H,1H2,(H4,7,8,9,10). The summed E-state index contributed by atoms with van der Waals surface area (Å²) in [5, 5.41) is 2.56. The summed E-state index contributed by atoms with van der Waals surface area (Å²) < 4.78 is 0.883. The number of alkyl halides is 1. The van der Waals surface area contributed by atoms with Gasteiger partial charge in [-0.1, -0.05) is 22.6 Å². The number of aromatic nitrogens is 1. The van der Waals surface area contributed by atoms with Crippen molar-refractivity contribution in [1.82, 2.24) is 4.98 Å². The lowest BCUT2D eigenvalue weighted by atomic mass is 10.6. The molecule has 60 valence electrons. The largest absolute Gasteiger partial charge is 0.370 e. The number of hydrogen-bond acceptors (Lipinski definition) is 3. The van der Waals surface area contributed by atoms with Crippen molar-refractivity contribution in [3.05, 3.63) is 11.1 Å². The fourth-order valence-electron chi connectivity index (χ4n) is 0.519. The summed E-state index contributed by atoms with van der Waals surface area (Å²) in [6.07, 6.45) is 0. The summed E-state index contributed by atoms with van der Waals surface area (Å²) >= 11 is 3.67. The Morgan fingerprint density at radius 2 is 2.45 bits per heavy atom. The summed E-state index contributed by atoms with van der Waals surface area (Å²) in [5.41, 5.74) is 11.3. The van der Waals surface area contributed by atoms with Gasteiger partial charge in [-0.2, -0.15) is 4.99 Å². The Bertz CT molecular complexity index is 265. The number of thiazole rings is 1. The van der Waals surface area contributed by atoms with E-state index in [1.807, 2.05) is 5.38 Å². The van der Waals surface area contributed by atoms with E-state index in [1.165, 1.54) is 11.3 Å². The average Bonchev–Trinajstić information content (AvgIpc) is 2.34. The van der Waals surface area contributed by atoms with Crippen molar-refractivity contribution in [2.75, 3.05) is 0 Å². The van der Waals surface area contributed by atoms with Gasteiger partial charge in [0, 0.05) is 9.81 Å². The molecule has 4 nitrogen and oxygen atoms in total. The summed E-state index contributed by atoms with van der Waals surface area (Å²) in [5.74, 6) is 0.0550. The molecule has 0 saturated heterocycles. The van der Waals surface area contributed by atoms with Crippen LogP contribution in [0.5, 0.6) is 0 Å². The van der Waals surface area contributed by atoms with Gasteiger partial charge < -0.3 is 11.5 Å². The van der Waals surface area contributed by atoms with Gasteiger partial charge in [-0.05, 0) is 0 Å². The second-order valence-corrected chi connectivity index (χ2v) is 3.39. The van der Waals surface area contributed by atoms with E-state index < -0.39 is 0 Å². The first-order valence-electron chi connectivity index (χ1n) is 2.82. The Kier molecular flexibility index (Phi) is 3.06.